The van der Waals surface area contributed by atoms with Crippen LogP contribution in [0.2, 0.25) is 0 Å². The summed E-state index contributed by atoms with van der Waals surface area (Å²) >= 11 is 0. The third-order valence-corrected chi connectivity index (χ3v) is 4.21. The number of aliphatic hydroxyl groups excluding tert-OH is 1. The van der Waals surface area contributed by atoms with Gasteiger partial charge in [0.2, 0.25) is 0 Å². The molecule has 3 atom stereocenters. The van der Waals surface area contributed by atoms with E-state index in [9.17, 15) is 0 Å². The van der Waals surface area contributed by atoms with Crippen molar-refractivity contribution in [1.82, 2.24) is 10.2 Å². The van der Waals surface area contributed by atoms with Gasteiger partial charge in [0.15, 0.2) is 0 Å². The van der Waals surface area contributed by atoms with E-state index in [1.54, 1.807) is 0 Å². The van der Waals surface area contributed by atoms with Gasteiger partial charge >= 0.3 is 0 Å². The van der Waals surface area contributed by atoms with Gasteiger partial charge in [-0.05, 0) is 58.2 Å². The van der Waals surface area contributed by atoms with Crippen molar-refractivity contribution in [2.45, 2.75) is 45.6 Å². The molecule has 0 spiro atoms. The molecule has 0 aromatic rings. The van der Waals surface area contributed by atoms with Crippen LogP contribution < -0.4 is 5.32 Å². The van der Waals surface area contributed by atoms with Gasteiger partial charge in [0.1, 0.15) is 0 Å². The van der Waals surface area contributed by atoms with Gasteiger partial charge in [0.05, 0.1) is 0 Å². The SMILES string of the molecule is CCC(CCO)CNC(C)C1CCCN(C)C1. The van der Waals surface area contributed by atoms with E-state index in [0.29, 0.717) is 18.6 Å². The Hall–Kier alpha value is -0.120. The fourth-order valence-corrected chi connectivity index (χ4v) is 2.77. The van der Waals surface area contributed by atoms with E-state index in [-0.39, 0.29) is 0 Å². The van der Waals surface area contributed by atoms with Gasteiger partial charge in [-0.25, -0.2) is 0 Å². The van der Waals surface area contributed by atoms with Crippen molar-refractivity contribution < 1.29 is 5.11 Å². The van der Waals surface area contributed by atoms with Crippen molar-refractivity contribution in [2.75, 3.05) is 33.3 Å². The van der Waals surface area contributed by atoms with E-state index in [0.717, 1.165) is 25.3 Å². The predicted molar refractivity (Wildman–Crippen MR) is 73.2 cm³/mol. The first kappa shape index (κ1) is 14.9. The van der Waals surface area contributed by atoms with Gasteiger partial charge in [-0.1, -0.05) is 13.3 Å². The third-order valence-electron chi connectivity index (χ3n) is 4.21. The molecule has 1 rings (SSSR count). The lowest BCUT2D eigenvalue weighted by molar-refractivity contribution is 0.173. The zero-order chi connectivity index (χ0) is 12.7. The Morgan fingerprint density at radius 1 is 1.47 bits per heavy atom. The molecule has 3 heteroatoms. The zero-order valence-electron chi connectivity index (χ0n) is 11.8. The average Bonchev–Trinajstić information content (AvgIpc) is 2.34. The monoisotopic (exact) mass is 242 g/mol. The van der Waals surface area contributed by atoms with Gasteiger partial charge in [-0.3, -0.25) is 0 Å². The molecule has 1 aliphatic heterocycles. The van der Waals surface area contributed by atoms with Crippen molar-refractivity contribution in [1.29, 1.82) is 0 Å². The molecule has 1 fully saturated rings. The maximum atomic E-state index is 8.98. The van der Waals surface area contributed by atoms with Crippen LogP contribution in [-0.2, 0) is 0 Å². The van der Waals surface area contributed by atoms with Crippen LogP contribution in [0.15, 0.2) is 0 Å². The predicted octanol–water partition coefficient (Wildman–Crippen LogP) is 1.71. The van der Waals surface area contributed by atoms with Crippen LogP contribution in [0.4, 0.5) is 0 Å². The normalized spacial score (nSPS) is 25.8. The molecule has 0 radical (unpaired) electrons. The fraction of sp³-hybridized carbons (Fsp3) is 1.00. The molecule has 102 valence electrons. The Balaban J connectivity index is 2.25. The van der Waals surface area contributed by atoms with Crippen LogP contribution in [0.3, 0.4) is 0 Å². The summed E-state index contributed by atoms with van der Waals surface area (Å²) in [5.41, 5.74) is 0. The van der Waals surface area contributed by atoms with Gasteiger partial charge in [0.25, 0.3) is 0 Å². The first-order valence-corrected chi connectivity index (χ1v) is 7.20. The molecule has 0 aliphatic carbocycles. The topological polar surface area (TPSA) is 35.5 Å². The highest BCUT2D eigenvalue weighted by molar-refractivity contribution is 4.79. The van der Waals surface area contributed by atoms with Crippen LogP contribution in [-0.4, -0.2) is 49.3 Å². The number of piperidine rings is 1. The molecule has 0 aromatic heterocycles. The second-order valence-corrected chi connectivity index (χ2v) is 5.65. The molecule has 17 heavy (non-hydrogen) atoms. The molecule has 0 amide bonds. The molecule has 1 saturated heterocycles. The molecule has 1 aliphatic rings. The highest BCUT2D eigenvalue weighted by atomic mass is 16.3. The number of likely N-dealkylation sites (tertiary alicyclic amines) is 1. The van der Waals surface area contributed by atoms with Crippen molar-refractivity contribution in [3.63, 3.8) is 0 Å². The number of nitrogens with one attached hydrogen (secondary N) is 1. The van der Waals surface area contributed by atoms with Crippen LogP contribution in [0.1, 0.15) is 39.5 Å². The summed E-state index contributed by atoms with van der Waals surface area (Å²) in [6.45, 7) is 8.38. The van der Waals surface area contributed by atoms with Crippen molar-refractivity contribution >= 4 is 0 Å². The quantitative estimate of drug-likeness (QED) is 0.713. The van der Waals surface area contributed by atoms with E-state index in [2.05, 4.69) is 31.1 Å². The van der Waals surface area contributed by atoms with Crippen molar-refractivity contribution in [3.05, 3.63) is 0 Å². The Bertz CT molecular complexity index is 199. The highest BCUT2D eigenvalue weighted by Crippen LogP contribution is 2.19. The summed E-state index contributed by atoms with van der Waals surface area (Å²) < 4.78 is 0. The van der Waals surface area contributed by atoms with E-state index < -0.39 is 0 Å². The van der Waals surface area contributed by atoms with Crippen LogP contribution in [0.5, 0.6) is 0 Å². The largest absolute Gasteiger partial charge is 0.396 e. The lowest BCUT2D eigenvalue weighted by Gasteiger charge is -2.34. The van der Waals surface area contributed by atoms with Crippen LogP contribution >= 0.6 is 0 Å². The summed E-state index contributed by atoms with van der Waals surface area (Å²) in [5.74, 6) is 1.42. The summed E-state index contributed by atoms with van der Waals surface area (Å²) in [5, 5.41) is 12.7. The summed E-state index contributed by atoms with van der Waals surface area (Å²) in [6, 6.07) is 0.602. The van der Waals surface area contributed by atoms with E-state index in [4.69, 9.17) is 5.11 Å². The van der Waals surface area contributed by atoms with Crippen molar-refractivity contribution in [3.8, 4) is 0 Å². The average molecular weight is 242 g/mol. The molecule has 0 bridgehead atoms. The standard InChI is InChI=1S/C14H30N2O/c1-4-13(7-9-17)10-15-12(2)14-6-5-8-16(3)11-14/h12-15,17H,4-11H2,1-3H3. The number of hydrogen-bond acceptors (Lipinski definition) is 3. The van der Waals surface area contributed by atoms with E-state index in [1.807, 2.05) is 0 Å². The van der Waals surface area contributed by atoms with E-state index >= 15 is 0 Å². The molecule has 0 saturated carbocycles. The summed E-state index contributed by atoms with van der Waals surface area (Å²) in [6.07, 6.45) is 4.78. The summed E-state index contributed by atoms with van der Waals surface area (Å²) in [7, 11) is 2.22. The third kappa shape index (κ3) is 5.36. The number of aliphatic hydroxyl groups is 1. The second kappa shape index (κ2) is 8.06. The lowest BCUT2D eigenvalue weighted by atomic mass is 9.91. The van der Waals surface area contributed by atoms with Crippen LogP contribution in [0.25, 0.3) is 0 Å². The maximum absolute atomic E-state index is 8.98. The number of rotatable bonds is 7. The Labute approximate surface area is 107 Å². The van der Waals surface area contributed by atoms with Crippen molar-refractivity contribution in [2.24, 2.45) is 11.8 Å². The molecule has 2 N–H and O–H groups in total. The highest BCUT2D eigenvalue weighted by Gasteiger charge is 2.22. The molecule has 0 aromatic carbocycles. The van der Waals surface area contributed by atoms with Gasteiger partial charge in [-0.15, -0.1) is 0 Å². The fourth-order valence-electron chi connectivity index (χ4n) is 2.77. The second-order valence-electron chi connectivity index (χ2n) is 5.65. The van der Waals surface area contributed by atoms with E-state index in [1.165, 1.54) is 25.9 Å². The first-order chi connectivity index (χ1) is 8.17. The van der Waals surface area contributed by atoms with Crippen LogP contribution in [0, 0.1) is 11.8 Å². The lowest BCUT2D eigenvalue weighted by Crippen LogP contribution is -2.44. The maximum Gasteiger partial charge on any atom is 0.0434 e. The zero-order valence-corrected chi connectivity index (χ0v) is 11.8. The Kier molecular flexibility index (Phi) is 7.09. The number of hydrogen-bond donors (Lipinski definition) is 2. The van der Waals surface area contributed by atoms with Gasteiger partial charge < -0.3 is 15.3 Å². The smallest absolute Gasteiger partial charge is 0.0434 e. The van der Waals surface area contributed by atoms with Gasteiger partial charge in [0, 0.05) is 19.2 Å². The molecular formula is C14H30N2O. The summed E-state index contributed by atoms with van der Waals surface area (Å²) in [4.78, 5) is 2.44. The minimum atomic E-state index is 0.320. The molecule has 3 nitrogen and oxygen atoms in total. The molecule has 1 heterocycles. The Morgan fingerprint density at radius 2 is 2.24 bits per heavy atom. The molecule has 3 unspecified atom stereocenters. The first-order valence-electron chi connectivity index (χ1n) is 7.20. The Morgan fingerprint density at radius 3 is 2.82 bits per heavy atom. The number of nitrogens with zero attached hydrogens (tertiary/aromatic N) is 1. The molecular weight excluding hydrogens is 212 g/mol. The minimum Gasteiger partial charge on any atom is -0.396 e. The minimum absolute atomic E-state index is 0.320. The van der Waals surface area contributed by atoms with Gasteiger partial charge in [-0.2, -0.15) is 0 Å².